The average molecular weight is 308 g/mol. The van der Waals surface area contributed by atoms with Crippen LogP contribution < -0.4 is 0 Å². The van der Waals surface area contributed by atoms with Crippen LogP contribution in [0.1, 0.15) is 16.1 Å². The first-order valence-corrected chi connectivity index (χ1v) is 7.88. The Morgan fingerprint density at radius 3 is 2.57 bits per heavy atom. The molecule has 0 spiro atoms. The third-order valence-electron chi connectivity index (χ3n) is 2.88. The van der Waals surface area contributed by atoms with Gasteiger partial charge < -0.3 is 0 Å². The molecule has 0 atom stereocenters. The van der Waals surface area contributed by atoms with Gasteiger partial charge in [-0.25, -0.2) is 12.8 Å². The summed E-state index contributed by atoms with van der Waals surface area (Å²) in [7, 11) is -1.92. The Morgan fingerprint density at radius 1 is 1.33 bits per heavy atom. The molecule has 0 saturated carbocycles. The van der Waals surface area contributed by atoms with E-state index in [1.807, 2.05) is 0 Å². The second-order valence-corrected chi connectivity index (χ2v) is 6.48. The van der Waals surface area contributed by atoms with E-state index in [9.17, 15) is 17.6 Å². The van der Waals surface area contributed by atoms with E-state index in [1.165, 1.54) is 12.1 Å². The zero-order chi connectivity index (χ0) is 15.6. The molecule has 2 aromatic rings. The SMILES string of the molecule is Cn1nccc1/C=C/C(=O)c1ccc(S(C)(=O)=O)c(F)c1. The first kappa shape index (κ1) is 15.1. The van der Waals surface area contributed by atoms with Crippen LogP contribution >= 0.6 is 0 Å². The van der Waals surface area contributed by atoms with Crippen molar-refractivity contribution in [2.24, 2.45) is 7.05 Å². The molecule has 0 unspecified atom stereocenters. The first-order chi connectivity index (χ1) is 9.79. The first-order valence-electron chi connectivity index (χ1n) is 5.99. The molecule has 0 amide bonds. The largest absolute Gasteiger partial charge is 0.289 e. The number of sulfone groups is 1. The molecule has 7 heteroatoms. The van der Waals surface area contributed by atoms with Gasteiger partial charge >= 0.3 is 0 Å². The summed E-state index contributed by atoms with van der Waals surface area (Å²) in [5.74, 6) is -1.35. The summed E-state index contributed by atoms with van der Waals surface area (Å²) in [6, 6.07) is 5.02. The van der Waals surface area contributed by atoms with Gasteiger partial charge in [0.15, 0.2) is 15.6 Å². The Hall–Kier alpha value is -2.28. The summed E-state index contributed by atoms with van der Waals surface area (Å²) < 4.78 is 37.9. The van der Waals surface area contributed by atoms with Crippen LogP contribution in [0.4, 0.5) is 4.39 Å². The lowest BCUT2D eigenvalue weighted by molar-refractivity contribution is 0.104. The lowest BCUT2D eigenvalue weighted by Gasteiger charge is -2.02. The molecule has 5 nitrogen and oxygen atoms in total. The Kier molecular flexibility index (Phi) is 4.04. The van der Waals surface area contributed by atoms with E-state index in [0.717, 1.165) is 24.1 Å². The Balaban J connectivity index is 2.27. The number of allylic oxidation sites excluding steroid dienone is 1. The molecule has 1 heterocycles. The monoisotopic (exact) mass is 308 g/mol. The molecule has 1 aromatic heterocycles. The number of aromatic nitrogens is 2. The maximum Gasteiger partial charge on any atom is 0.186 e. The van der Waals surface area contributed by atoms with Crippen LogP contribution in [0.25, 0.3) is 6.08 Å². The van der Waals surface area contributed by atoms with E-state index in [2.05, 4.69) is 5.10 Å². The van der Waals surface area contributed by atoms with Crippen LogP contribution in [-0.2, 0) is 16.9 Å². The van der Waals surface area contributed by atoms with Gasteiger partial charge in [-0.15, -0.1) is 0 Å². The van der Waals surface area contributed by atoms with Gasteiger partial charge in [-0.2, -0.15) is 5.10 Å². The van der Waals surface area contributed by atoms with Gasteiger partial charge in [-0.1, -0.05) is 0 Å². The van der Waals surface area contributed by atoms with Gasteiger partial charge in [0.05, 0.1) is 5.69 Å². The number of rotatable bonds is 4. The summed E-state index contributed by atoms with van der Waals surface area (Å²) >= 11 is 0. The molecule has 0 aliphatic carbocycles. The standard InChI is InChI=1S/C14H13FN2O3S/c1-17-11(7-8-16-17)4-5-13(18)10-3-6-14(12(15)9-10)21(2,19)20/h3-9H,1-2H3/b5-4+. The lowest BCUT2D eigenvalue weighted by Crippen LogP contribution is -2.03. The molecule has 21 heavy (non-hydrogen) atoms. The van der Waals surface area contributed by atoms with Gasteiger partial charge in [0.1, 0.15) is 10.7 Å². The summed E-state index contributed by atoms with van der Waals surface area (Å²) in [6.45, 7) is 0. The van der Waals surface area contributed by atoms with Crippen LogP contribution in [0.15, 0.2) is 41.4 Å². The van der Waals surface area contributed by atoms with Gasteiger partial charge in [-0.3, -0.25) is 9.48 Å². The molecular weight excluding hydrogens is 295 g/mol. The van der Waals surface area contributed by atoms with Crippen LogP contribution in [0.3, 0.4) is 0 Å². The van der Waals surface area contributed by atoms with Crippen molar-refractivity contribution in [3.05, 3.63) is 53.6 Å². The van der Waals surface area contributed by atoms with Gasteiger partial charge in [0.2, 0.25) is 0 Å². The molecule has 0 bridgehead atoms. The molecule has 0 saturated heterocycles. The number of nitrogens with zero attached hydrogens (tertiary/aromatic N) is 2. The summed E-state index contributed by atoms with van der Waals surface area (Å²) in [4.78, 5) is 11.5. The average Bonchev–Trinajstić information content (AvgIpc) is 2.80. The highest BCUT2D eigenvalue weighted by molar-refractivity contribution is 7.90. The molecule has 0 aliphatic heterocycles. The second-order valence-electron chi connectivity index (χ2n) is 4.49. The number of carbonyl (C=O) groups excluding carboxylic acids is 1. The normalized spacial score (nSPS) is 12.0. The zero-order valence-electron chi connectivity index (χ0n) is 11.4. The molecule has 0 aliphatic rings. The number of hydrogen-bond donors (Lipinski definition) is 0. The molecule has 0 N–H and O–H groups in total. The summed E-state index contributed by atoms with van der Waals surface area (Å²) in [6.07, 6.45) is 5.34. The number of ketones is 1. The minimum Gasteiger partial charge on any atom is -0.289 e. The smallest absolute Gasteiger partial charge is 0.186 e. The topological polar surface area (TPSA) is 69.0 Å². The highest BCUT2D eigenvalue weighted by Crippen LogP contribution is 2.16. The number of aryl methyl sites for hydroxylation is 1. The van der Waals surface area contributed by atoms with Crippen molar-refractivity contribution in [1.29, 1.82) is 0 Å². The van der Waals surface area contributed by atoms with Gasteiger partial charge in [0, 0.05) is 25.1 Å². The fraction of sp³-hybridized carbons (Fsp3) is 0.143. The van der Waals surface area contributed by atoms with Crippen LogP contribution in [0, 0.1) is 5.82 Å². The van der Waals surface area contributed by atoms with Crippen molar-refractivity contribution < 1.29 is 17.6 Å². The number of halogens is 1. The summed E-state index contributed by atoms with van der Waals surface area (Å²) in [5.41, 5.74) is 0.801. The molecule has 2 rings (SSSR count). The van der Waals surface area contributed by atoms with E-state index in [1.54, 1.807) is 30.1 Å². The van der Waals surface area contributed by atoms with Crippen LogP contribution in [-0.4, -0.2) is 30.2 Å². The van der Waals surface area contributed by atoms with Crippen LogP contribution in [0.5, 0.6) is 0 Å². The molecule has 1 aromatic carbocycles. The van der Waals surface area contributed by atoms with Crippen molar-refractivity contribution in [2.75, 3.05) is 6.26 Å². The minimum atomic E-state index is -3.65. The molecule has 0 fully saturated rings. The van der Waals surface area contributed by atoms with Gasteiger partial charge in [0.25, 0.3) is 0 Å². The quantitative estimate of drug-likeness (QED) is 0.638. The molecule has 0 radical (unpaired) electrons. The zero-order valence-corrected chi connectivity index (χ0v) is 12.3. The maximum absolute atomic E-state index is 13.7. The van der Waals surface area contributed by atoms with E-state index in [4.69, 9.17) is 0 Å². The van der Waals surface area contributed by atoms with Crippen molar-refractivity contribution in [3.63, 3.8) is 0 Å². The highest BCUT2D eigenvalue weighted by atomic mass is 32.2. The summed E-state index contributed by atoms with van der Waals surface area (Å²) in [5, 5.41) is 3.95. The fourth-order valence-electron chi connectivity index (χ4n) is 1.76. The van der Waals surface area contributed by atoms with Gasteiger partial charge in [-0.05, 0) is 36.4 Å². The molecular formula is C14H13FN2O3S. The predicted molar refractivity (Wildman–Crippen MR) is 76.1 cm³/mol. The Labute approximate surface area is 121 Å². The fourth-order valence-corrected chi connectivity index (χ4v) is 2.49. The number of hydrogen-bond acceptors (Lipinski definition) is 4. The van der Waals surface area contributed by atoms with E-state index < -0.39 is 26.3 Å². The third-order valence-corrected chi connectivity index (χ3v) is 4.01. The minimum absolute atomic E-state index is 0.0818. The third kappa shape index (κ3) is 3.43. The Bertz CT molecular complexity index is 822. The highest BCUT2D eigenvalue weighted by Gasteiger charge is 2.15. The van der Waals surface area contributed by atoms with Crippen molar-refractivity contribution in [3.8, 4) is 0 Å². The second kappa shape index (κ2) is 5.61. The van der Waals surface area contributed by atoms with E-state index in [-0.39, 0.29) is 5.56 Å². The van der Waals surface area contributed by atoms with Crippen LogP contribution in [0.2, 0.25) is 0 Å². The lowest BCUT2D eigenvalue weighted by atomic mass is 10.1. The van der Waals surface area contributed by atoms with Crippen molar-refractivity contribution in [2.45, 2.75) is 4.90 Å². The number of benzene rings is 1. The molecule has 110 valence electrons. The van der Waals surface area contributed by atoms with Crippen molar-refractivity contribution in [1.82, 2.24) is 9.78 Å². The van der Waals surface area contributed by atoms with E-state index in [0.29, 0.717) is 0 Å². The Morgan fingerprint density at radius 2 is 2.05 bits per heavy atom. The maximum atomic E-state index is 13.7. The van der Waals surface area contributed by atoms with Crippen molar-refractivity contribution >= 4 is 21.7 Å². The number of carbonyl (C=O) groups is 1. The predicted octanol–water partition coefficient (Wildman–Crippen LogP) is 1.86. The van der Waals surface area contributed by atoms with E-state index >= 15 is 0 Å².